The maximum atomic E-state index is 12.0. The number of amides is 1. The Kier molecular flexibility index (Phi) is 3.28. The highest BCUT2D eigenvalue weighted by molar-refractivity contribution is 6.05. The predicted octanol–water partition coefficient (Wildman–Crippen LogP) is 2.53. The zero-order chi connectivity index (χ0) is 13.1. The molecule has 1 aromatic heterocycles. The highest BCUT2D eigenvalue weighted by Gasteiger charge is 2.08. The fraction of sp³-hybridized carbons (Fsp3) is 0.143. The number of carbonyl (C=O) groups is 1. The van der Waals surface area contributed by atoms with Gasteiger partial charge in [-0.2, -0.15) is 0 Å². The van der Waals surface area contributed by atoms with Crippen LogP contribution >= 0.6 is 0 Å². The number of hydrogen-bond donors (Lipinski definition) is 2. The Bertz CT molecular complexity index is 593. The van der Waals surface area contributed by atoms with Crippen molar-refractivity contribution in [1.29, 1.82) is 0 Å². The van der Waals surface area contributed by atoms with Crippen LogP contribution in [0.2, 0.25) is 0 Å². The lowest BCUT2D eigenvalue weighted by Gasteiger charge is -2.08. The van der Waals surface area contributed by atoms with Crippen molar-refractivity contribution in [2.75, 3.05) is 11.1 Å². The Morgan fingerprint density at radius 1 is 1.22 bits per heavy atom. The minimum Gasteiger partial charge on any atom is -0.399 e. The summed E-state index contributed by atoms with van der Waals surface area (Å²) in [5.41, 5.74) is 9.19. The Morgan fingerprint density at radius 2 is 2.00 bits per heavy atom. The second kappa shape index (κ2) is 4.87. The third kappa shape index (κ3) is 2.66. The Morgan fingerprint density at radius 3 is 2.67 bits per heavy atom. The van der Waals surface area contributed by atoms with Crippen LogP contribution in [0, 0.1) is 13.8 Å². The molecule has 1 aromatic carbocycles. The highest BCUT2D eigenvalue weighted by atomic mass is 16.1. The van der Waals surface area contributed by atoms with Crippen molar-refractivity contribution < 1.29 is 4.79 Å². The average Bonchev–Trinajstić information content (AvgIpc) is 2.32. The molecule has 0 fully saturated rings. The van der Waals surface area contributed by atoms with Crippen LogP contribution < -0.4 is 11.1 Å². The quantitative estimate of drug-likeness (QED) is 0.794. The molecule has 0 radical (unpaired) electrons. The first-order valence-corrected chi connectivity index (χ1v) is 5.67. The van der Waals surface area contributed by atoms with E-state index in [1.165, 1.54) is 0 Å². The lowest BCUT2D eigenvalue weighted by Crippen LogP contribution is -2.13. The second-order valence-electron chi connectivity index (χ2n) is 4.17. The number of nitrogens with two attached hydrogens (primary N) is 1. The monoisotopic (exact) mass is 241 g/mol. The zero-order valence-electron chi connectivity index (χ0n) is 10.4. The third-order valence-corrected chi connectivity index (χ3v) is 2.62. The molecule has 0 unspecified atom stereocenters. The number of anilines is 2. The Hall–Kier alpha value is -2.36. The van der Waals surface area contributed by atoms with Gasteiger partial charge in [0.05, 0.1) is 11.4 Å². The highest BCUT2D eigenvalue weighted by Crippen LogP contribution is 2.15. The number of hydrogen-bond acceptors (Lipinski definition) is 3. The number of aryl methyl sites for hydroxylation is 2. The van der Waals surface area contributed by atoms with E-state index in [1.54, 1.807) is 24.3 Å². The number of aromatic nitrogens is 1. The van der Waals surface area contributed by atoms with Gasteiger partial charge < -0.3 is 11.1 Å². The summed E-state index contributed by atoms with van der Waals surface area (Å²) >= 11 is 0. The molecule has 2 aromatic rings. The summed E-state index contributed by atoms with van der Waals surface area (Å²) in [6.45, 7) is 3.78. The number of carbonyl (C=O) groups excluding carboxylic acids is 1. The molecule has 3 N–H and O–H groups in total. The average molecular weight is 241 g/mol. The first-order chi connectivity index (χ1) is 8.56. The first kappa shape index (κ1) is 12.1. The normalized spacial score (nSPS) is 10.1. The van der Waals surface area contributed by atoms with Gasteiger partial charge in [-0.15, -0.1) is 0 Å². The van der Waals surface area contributed by atoms with Crippen molar-refractivity contribution in [3.63, 3.8) is 0 Å². The lowest BCUT2D eigenvalue weighted by atomic mass is 10.2. The molecule has 4 nitrogen and oxygen atoms in total. The molecule has 92 valence electrons. The van der Waals surface area contributed by atoms with Crippen molar-refractivity contribution in [2.45, 2.75) is 13.8 Å². The van der Waals surface area contributed by atoms with Gasteiger partial charge in [-0.25, -0.2) is 0 Å². The van der Waals surface area contributed by atoms with Gasteiger partial charge in [-0.05, 0) is 44.2 Å². The van der Waals surface area contributed by atoms with Crippen LogP contribution in [0.3, 0.4) is 0 Å². The summed E-state index contributed by atoms with van der Waals surface area (Å²) in [7, 11) is 0. The van der Waals surface area contributed by atoms with Crippen LogP contribution in [0.15, 0.2) is 36.4 Å². The van der Waals surface area contributed by atoms with Crippen molar-refractivity contribution >= 4 is 17.3 Å². The molecule has 0 aliphatic rings. The second-order valence-corrected chi connectivity index (χ2v) is 4.17. The molecule has 2 rings (SSSR count). The molecule has 0 atom stereocenters. The van der Waals surface area contributed by atoms with Crippen molar-refractivity contribution in [2.24, 2.45) is 0 Å². The van der Waals surface area contributed by atoms with Crippen LogP contribution in [0.1, 0.15) is 21.7 Å². The van der Waals surface area contributed by atoms with Crippen LogP contribution in [-0.4, -0.2) is 10.9 Å². The van der Waals surface area contributed by atoms with E-state index in [9.17, 15) is 4.79 Å². The van der Waals surface area contributed by atoms with E-state index in [4.69, 9.17) is 5.73 Å². The standard InChI is InChI=1S/C14H15N3O/c1-9-6-7-13(10(2)16-9)17-14(18)11-4-3-5-12(15)8-11/h3-8H,15H2,1-2H3,(H,17,18). The molecule has 18 heavy (non-hydrogen) atoms. The molecular weight excluding hydrogens is 226 g/mol. The van der Waals surface area contributed by atoms with Crippen LogP contribution in [-0.2, 0) is 0 Å². The largest absolute Gasteiger partial charge is 0.399 e. The minimum absolute atomic E-state index is 0.184. The Labute approximate surface area is 106 Å². The van der Waals surface area contributed by atoms with Crippen LogP contribution in [0.4, 0.5) is 11.4 Å². The summed E-state index contributed by atoms with van der Waals surface area (Å²) in [5.74, 6) is -0.184. The minimum atomic E-state index is -0.184. The molecule has 0 aliphatic heterocycles. The summed E-state index contributed by atoms with van der Waals surface area (Å²) < 4.78 is 0. The molecule has 0 saturated carbocycles. The van der Waals surface area contributed by atoms with E-state index in [0.29, 0.717) is 16.9 Å². The van der Waals surface area contributed by atoms with Gasteiger partial charge in [-0.1, -0.05) is 6.07 Å². The number of nitrogen functional groups attached to an aromatic ring is 1. The molecule has 0 spiro atoms. The molecule has 4 heteroatoms. The molecule has 0 bridgehead atoms. The maximum absolute atomic E-state index is 12.0. The molecule has 1 amide bonds. The Balaban J connectivity index is 2.21. The zero-order valence-corrected chi connectivity index (χ0v) is 10.4. The topological polar surface area (TPSA) is 68.0 Å². The molecule has 0 aliphatic carbocycles. The number of nitrogens with zero attached hydrogens (tertiary/aromatic N) is 1. The van der Waals surface area contributed by atoms with E-state index in [1.807, 2.05) is 26.0 Å². The first-order valence-electron chi connectivity index (χ1n) is 5.67. The number of pyridine rings is 1. The fourth-order valence-corrected chi connectivity index (χ4v) is 1.69. The van der Waals surface area contributed by atoms with Crippen molar-refractivity contribution in [3.05, 3.63) is 53.3 Å². The van der Waals surface area contributed by atoms with Gasteiger partial charge in [0.2, 0.25) is 0 Å². The lowest BCUT2D eigenvalue weighted by molar-refractivity contribution is 0.102. The van der Waals surface area contributed by atoms with Gasteiger partial charge in [0.25, 0.3) is 5.91 Å². The van der Waals surface area contributed by atoms with E-state index in [0.717, 1.165) is 11.4 Å². The number of nitrogens with one attached hydrogen (secondary N) is 1. The summed E-state index contributed by atoms with van der Waals surface area (Å²) in [6, 6.07) is 10.6. The molecule has 1 heterocycles. The smallest absolute Gasteiger partial charge is 0.255 e. The predicted molar refractivity (Wildman–Crippen MR) is 72.5 cm³/mol. The summed E-state index contributed by atoms with van der Waals surface area (Å²) in [4.78, 5) is 16.3. The summed E-state index contributed by atoms with van der Waals surface area (Å²) in [5, 5.41) is 2.82. The van der Waals surface area contributed by atoms with Gasteiger partial charge in [0, 0.05) is 16.9 Å². The van der Waals surface area contributed by atoms with Gasteiger partial charge in [0.15, 0.2) is 0 Å². The number of benzene rings is 1. The summed E-state index contributed by atoms with van der Waals surface area (Å²) in [6.07, 6.45) is 0. The number of rotatable bonds is 2. The van der Waals surface area contributed by atoms with Gasteiger partial charge in [0.1, 0.15) is 0 Å². The van der Waals surface area contributed by atoms with Crippen molar-refractivity contribution in [1.82, 2.24) is 4.98 Å². The third-order valence-electron chi connectivity index (χ3n) is 2.62. The molecule has 0 saturated heterocycles. The van der Waals surface area contributed by atoms with Crippen LogP contribution in [0.5, 0.6) is 0 Å². The van der Waals surface area contributed by atoms with E-state index in [2.05, 4.69) is 10.3 Å². The van der Waals surface area contributed by atoms with Crippen LogP contribution in [0.25, 0.3) is 0 Å². The SMILES string of the molecule is Cc1ccc(NC(=O)c2cccc(N)c2)c(C)n1. The maximum Gasteiger partial charge on any atom is 0.255 e. The van der Waals surface area contributed by atoms with E-state index in [-0.39, 0.29) is 5.91 Å². The van der Waals surface area contributed by atoms with Gasteiger partial charge >= 0.3 is 0 Å². The van der Waals surface area contributed by atoms with E-state index < -0.39 is 0 Å². The fourth-order valence-electron chi connectivity index (χ4n) is 1.69. The van der Waals surface area contributed by atoms with Gasteiger partial charge in [-0.3, -0.25) is 9.78 Å². The molecular formula is C14H15N3O. The van der Waals surface area contributed by atoms with Crippen molar-refractivity contribution in [3.8, 4) is 0 Å². The van der Waals surface area contributed by atoms with E-state index >= 15 is 0 Å².